The average Bonchev–Trinajstić information content (AvgIpc) is 2.88. The first kappa shape index (κ1) is 9.80. The summed E-state index contributed by atoms with van der Waals surface area (Å²) in [4.78, 5) is 5.62. The van der Waals surface area contributed by atoms with E-state index in [1.165, 1.54) is 0 Å². The highest BCUT2D eigenvalue weighted by molar-refractivity contribution is 9.10. The Morgan fingerprint density at radius 1 is 1.44 bits per heavy atom. The number of anilines is 1. The van der Waals surface area contributed by atoms with Crippen molar-refractivity contribution in [3.63, 3.8) is 0 Å². The second kappa shape index (κ2) is 3.57. The molecule has 0 saturated carbocycles. The lowest BCUT2D eigenvalue weighted by Gasteiger charge is -2.02. The molecule has 3 heterocycles. The second-order valence-electron chi connectivity index (χ2n) is 3.27. The van der Waals surface area contributed by atoms with Crippen molar-refractivity contribution < 1.29 is 0 Å². The predicted octanol–water partition coefficient (Wildman–Crippen LogP) is 2.80. The highest BCUT2D eigenvalue weighted by Gasteiger charge is 2.09. The zero-order valence-electron chi connectivity index (χ0n) is 8.09. The summed E-state index contributed by atoms with van der Waals surface area (Å²) in [7, 11) is 0. The fraction of sp³-hybridized carbons (Fsp3) is 0. The van der Waals surface area contributed by atoms with E-state index in [-0.39, 0.29) is 0 Å². The number of rotatable bonds is 1. The highest BCUT2D eigenvalue weighted by atomic mass is 79.9. The molecule has 0 radical (unpaired) electrons. The Labute approximate surface area is 104 Å². The molecule has 0 bridgehead atoms. The molecule has 4 nitrogen and oxygen atoms in total. The quantitative estimate of drug-likeness (QED) is 0.751. The van der Waals surface area contributed by atoms with Crippen LogP contribution in [0.5, 0.6) is 0 Å². The van der Waals surface area contributed by atoms with Gasteiger partial charge in [0.1, 0.15) is 5.82 Å². The van der Waals surface area contributed by atoms with Crippen LogP contribution in [-0.2, 0) is 0 Å². The fourth-order valence-electron chi connectivity index (χ4n) is 1.51. The second-order valence-corrected chi connectivity index (χ2v) is 5.07. The summed E-state index contributed by atoms with van der Waals surface area (Å²) in [6.07, 6.45) is 1.69. The molecule has 0 aliphatic carbocycles. The van der Waals surface area contributed by atoms with Gasteiger partial charge in [-0.2, -0.15) is 9.61 Å². The summed E-state index contributed by atoms with van der Waals surface area (Å²) < 4.78 is 2.46. The topological polar surface area (TPSA) is 56.2 Å². The van der Waals surface area contributed by atoms with E-state index < -0.39 is 0 Å². The van der Waals surface area contributed by atoms with E-state index in [9.17, 15) is 0 Å². The molecule has 0 amide bonds. The lowest BCUT2D eigenvalue weighted by molar-refractivity contribution is 0.954. The molecule has 0 aromatic carbocycles. The average molecular weight is 295 g/mol. The molecule has 0 fully saturated rings. The van der Waals surface area contributed by atoms with E-state index in [0.717, 1.165) is 20.7 Å². The maximum Gasteiger partial charge on any atom is 0.172 e. The Kier molecular flexibility index (Phi) is 2.19. The van der Waals surface area contributed by atoms with Gasteiger partial charge in [0.25, 0.3) is 0 Å². The fourth-order valence-corrected chi connectivity index (χ4v) is 2.54. The summed E-state index contributed by atoms with van der Waals surface area (Å²) >= 11 is 5.04. The van der Waals surface area contributed by atoms with E-state index in [1.807, 2.05) is 23.6 Å². The first-order chi connectivity index (χ1) is 7.75. The number of fused-ring (bicyclic) bond motifs is 1. The monoisotopic (exact) mass is 294 g/mol. The van der Waals surface area contributed by atoms with Crippen LogP contribution in [0, 0.1) is 0 Å². The van der Waals surface area contributed by atoms with Crippen LogP contribution in [0.3, 0.4) is 0 Å². The van der Waals surface area contributed by atoms with Gasteiger partial charge in [-0.25, -0.2) is 4.98 Å². The molecule has 0 aliphatic heterocycles. The summed E-state index contributed by atoms with van der Waals surface area (Å²) in [5.41, 5.74) is 7.54. The largest absolute Gasteiger partial charge is 0.384 e. The molecule has 0 spiro atoms. The SMILES string of the molecule is Nc1cc(-c2cccs2)nc2c(Br)cnn12. The van der Waals surface area contributed by atoms with Gasteiger partial charge in [-0.15, -0.1) is 11.3 Å². The van der Waals surface area contributed by atoms with Gasteiger partial charge in [-0.1, -0.05) is 6.07 Å². The van der Waals surface area contributed by atoms with E-state index in [1.54, 1.807) is 22.0 Å². The van der Waals surface area contributed by atoms with E-state index in [0.29, 0.717) is 5.82 Å². The van der Waals surface area contributed by atoms with Gasteiger partial charge in [-0.05, 0) is 27.4 Å². The summed E-state index contributed by atoms with van der Waals surface area (Å²) in [6, 6.07) is 5.85. The number of halogens is 1. The van der Waals surface area contributed by atoms with Crippen molar-refractivity contribution in [3.8, 4) is 10.6 Å². The molecule has 0 atom stereocenters. The Morgan fingerprint density at radius 2 is 2.31 bits per heavy atom. The maximum atomic E-state index is 5.92. The Bertz CT molecular complexity index is 644. The first-order valence-electron chi connectivity index (χ1n) is 4.59. The normalized spacial score (nSPS) is 11.1. The molecule has 3 aromatic heterocycles. The number of nitrogens with two attached hydrogens (primary N) is 1. The van der Waals surface area contributed by atoms with E-state index in [4.69, 9.17) is 5.73 Å². The van der Waals surface area contributed by atoms with E-state index >= 15 is 0 Å². The molecule has 0 aliphatic rings. The number of hydrogen-bond donors (Lipinski definition) is 1. The van der Waals surface area contributed by atoms with Crippen LogP contribution < -0.4 is 5.73 Å². The van der Waals surface area contributed by atoms with Crippen LogP contribution in [-0.4, -0.2) is 14.6 Å². The molecular formula is C10H7BrN4S. The van der Waals surface area contributed by atoms with Crippen molar-refractivity contribution in [2.45, 2.75) is 0 Å². The van der Waals surface area contributed by atoms with Gasteiger partial charge in [0.15, 0.2) is 5.65 Å². The van der Waals surface area contributed by atoms with Gasteiger partial charge < -0.3 is 5.73 Å². The lowest BCUT2D eigenvalue weighted by Crippen LogP contribution is -2.00. The summed E-state index contributed by atoms with van der Waals surface area (Å²) in [6.45, 7) is 0. The van der Waals surface area contributed by atoms with Crippen molar-refractivity contribution in [2.75, 3.05) is 5.73 Å². The minimum absolute atomic E-state index is 0.582. The summed E-state index contributed by atoms with van der Waals surface area (Å²) in [5, 5.41) is 6.14. The molecule has 6 heteroatoms. The molecule has 16 heavy (non-hydrogen) atoms. The maximum absolute atomic E-state index is 5.92. The number of nitrogens with zero attached hydrogens (tertiary/aromatic N) is 3. The van der Waals surface area contributed by atoms with Crippen LogP contribution >= 0.6 is 27.3 Å². The number of hydrogen-bond acceptors (Lipinski definition) is 4. The van der Waals surface area contributed by atoms with Crippen molar-refractivity contribution in [1.82, 2.24) is 14.6 Å². The van der Waals surface area contributed by atoms with Gasteiger partial charge in [0.05, 0.1) is 21.2 Å². The molecule has 3 rings (SSSR count). The number of thiophene rings is 1. The Morgan fingerprint density at radius 3 is 3.06 bits per heavy atom. The Balaban J connectivity index is 2.32. The summed E-state index contributed by atoms with van der Waals surface area (Å²) in [5.74, 6) is 0.582. The first-order valence-corrected chi connectivity index (χ1v) is 6.26. The lowest BCUT2D eigenvalue weighted by atomic mass is 10.3. The molecular weight excluding hydrogens is 288 g/mol. The van der Waals surface area contributed by atoms with Gasteiger partial charge >= 0.3 is 0 Å². The molecule has 0 saturated heterocycles. The minimum Gasteiger partial charge on any atom is -0.384 e. The van der Waals surface area contributed by atoms with E-state index in [2.05, 4.69) is 26.0 Å². The third-order valence-corrected chi connectivity index (χ3v) is 3.68. The van der Waals surface area contributed by atoms with Crippen molar-refractivity contribution in [1.29, 1.82) is 0 Å². The Hall–Kier alpha value is -1.40. The number of nitrogen functional groups attached to an aromatic ring is 1. The molecule has 2 N–H and O–H groups in total. The van der Waals surface area contributed by atoms with Gasteiger partial charge in [-0.3, -0.25) is 0 Å². The van der Waals surface area contributed by atoms with Crippen LogP contribution in [0.4, 0.5) is 5.82 Å². The predicted molar refractivity (Wildman–Crippen MR) is 68.4 cm³/mol. The van der Waals surface area contributed by atoms with Crippen molar-refractivity contribution >= 4 is 38.7 Å². The smallest absolute Gasteiger partial charge is 0.172 e. The highest BCUT2D eigenvalue weighted by Crippen LogP contribution is 2.27. The minimum atomic E-state index is 0.582. The van der Waals surface area contributed by atoms with Crippen LogP contribution in [0.2, 0.25) is 0 Å². The van der Waals surface area contributed by atoms with Crippen LogP contribution in [0.1, 0.15) is 0 Å². The zero-order valence-corrected chi connectivity index (χ0v) is 10.5. The van der Waals surface area contributed by atoms with Crippen molar-refractivity contribution in [3.05, 3.63) is 34.2 Å². The molecule has 80 valence electrons. The zero-order chi connectivity index (χ0) is 11.1. The van der Waals surface area contributed by atoms with Gasteiger partial charge in [0, 0.05) is 6.07 Å². The standard InChI is InChI=1S/C10H7BrN4S/c11-6-5-13-15-9(12)4-7(14-10(6)15)8-2-1-3-16-8/h1-5H,12H2. The third-order valence-electron chi connectivity index (χ3n) is 2.23. The third kappa shape index (κ3) is 1.42. The molecule has 3 aromatic rings. The van der Waals surface area contributed by atoms with Gasteiger partial charge in [0.2, 0.25) is 0 Å². The number of aromatic nitrogens is 3. The van der Waals surface area contributed by atoms with Crippen molar-refractivity contribution in [2.24, 2.45) is 0 Å². The molecule has 0 unspecified atom stereocenters. The van der Waals surface area contributed by atoms with Crippen LogP contribution in [0.25, 0.3) is 16.2 Å². The van der Waals surface area contributed by atoms with Crippen LogP contribution in [0.15, 0.2) is 34.2 Å².